The number of methoxy groups -OCH3 is 1. The number of rotatable bonds is 3. The van der Waals surface area contributed by atoms with Gasteiger partial charge < -0.3 is 14.5 Å². The first kappa shape index (κ1) is 17.4. The van der Waals surface area contributed by atoms with Crippen LogP contribution in [0.1, 0.15) is 38.5 Å². The van der Waals surface area contributed by atoms with E-state index in [2.05, 4.69) is 0 Å². The Labute approximate surface area is 155 Å². The first-order valence-corrected chi connectivity index (χ1v) is 9.89. The van der Waals surface area contributed by atoms with Crippen LogP contribution < -0.4 is 9.64 Å². The predicted octanol–water partition coefficient (Wildman–Crippen LogP) is 3.09. The Morgan fingerprint density at radius 3 is 2.73 bits per heavy atom. The van der Waals surface area contributed by atoms with Crippen molar-refractivity contribution in [2.24, 2.45) is 17.8 Å². The van der Waals surface area contributed by atoms with Crippen LogP contribution in [0.15, 0.2) is 24.3 Å². The molecule has 0 spiro atoms. The van der Waals surface area contributed by atoms with Crippen LogP contribution in [-0.4, -0.2) is 43.5 Å². The molecule has 3 unspecified atom stereocenters. The largest absolute Gasteiger partial charge is 0.497 e. The molecule has 1 aromatic rings. The quantitative estimate of drug-likeness (QED) is 0.836. The monoisotopic (exact) mass is 356 g/mol. The Morgan fingerprint density at radius 2 is 1.92 bits per heavy atom. The topological polar surface area (TPSA) is 49.9 Å². The van der Waals surface area contributed by atoms with Gasteiger partial charge in [0.05, 0.1) is 13.0 Å². The molecule has 1 aliphatic carbocycles. The SMILES string of the molecule is COc1cccc(N2CC(C(=O)N3CCC4CCCCC4C3)CC2=O)c1. The van der Waals surface area contributed by atoms with E-state index < -0.39 is 0 Å². The van der Waals surface area contributed by atoms with Gasteiger partial charge in [-0.2, -0.15) is 0 Å². The molecule has 2 heterocycles. The molecule has 1 saturated carbocycles. The number of amides is 2. The molecular formula is C21H28N2O3. The molecule has 0 bridgehead atoms. The van der Waals surface area contributed by atoms with Gasteiger partial charge in [0.1, 0.15) is 5.75 Å². The van der Waals surface area contributed by atoms with Gasteiger partial charge in [-0.3, -0.25) is 9.59 Å². The maximum Gasteiger partial charge on any atom is 0.228 e. The van der Waals surface area contributed by atoms with Crippen LogP contribution in [0.4, 0.5) is 5.69 Å². The van der Waals surface area contributed by atoms with Crippen LogP contribution in [0.5, 0.6) is 5.75 Å². The number of carbonyl (C=O) groups excluding carboxylic acids is 2. The van der Waals surface area contributed by atoms with E-state index in [1.54, 1.807) is 12.0 Å². The van der Waals surface area contributed by atoms with Crippen molar-refractivity contribution in [1.82, 2.24) is 4.90 Å². The lowest BCUT2D eigenvalue weighted by atomic mass is 9.75. The number of hydrogen-bond donors (Lipinski definition) is 0. The van der Waals surface area contributed by atoms with Crippen LogP contribution in [0.25, 0.3) is 0 Å². The molecule has 26 heavy (non-hydrogen) atoms. The van der Waals surface area contributed by atoms with E-state index in [1.807, 2.05) is 29.2 Å². The summed E-state index contributed by atoms with van der Waals surface area (Å²) < 4.78 is 5.26. The second-order valence-corrected chi connectivity index (χ2v) is 7.98. The van der Waals surface area contributed by atoms with Crippen molar-refractivity contribution >= 4 is 17.5 Å². The standard InChI is InChI=1S/C21H28N2O3/c1-26-19-8-4-7-18(12-19)23-14-17(11-20(23)24)21(25)22-10-9-15-5-2-3-6-16(15)13-22/h4,7-8,12,15-17H,2-3,5-6,9-11,13-14H2,1H3. The lowest BCUT2D eigenvalue weighted by molar-refractivity contribution is -0.138. The van der Waals surface area contributed by atoms with Crippen molar-refractivity contribution in [2.75, 3.05) is 31.6 Å². The molecule has 3 aliphatic rings. The van der Waals surface area contributed by atoms with E-state index in [9.17, 15) is 9.59 Å². The zero-order chi connectivity index (χ0) is 18.1. The lowest BCUT2D eigenvalue weighted by Crippen LogP contribution is -2.47. The Balaban J connectivity index is 1.42. The third-order valence-electron chi connectivity index (χ3n) is 6.44. The first-order chi connectivity index (χ1) is 12.7. The summed E-state index contributed by atoms with van der Waals surface area (Å²) in [5, 5.41) is 0. The van der Waals surface area contributed by atoms with E-state index >= 15 is 0 Å². The highest BCUT2D eigenvalue weighted by atomic mass is 16.5. The van der Waals surface area contributed by atoms with Crippen molar-refractivity contribution in [3.8, 4) is 5.75 Å². The van der Waals surface area contributed by atoms with Crippen LogP contribution in [0.2, 0.25) is 0 Å². The van der Waals surface area contributed by atoms with Crippen molar-refractivity contribution in [1.29, 1.82) is 0 Å². The minimum absolute atomic E-state index is 0.0316. The molecule has 5 nitrogen and oxygen atoms in total. The number of hydrogen-bond acceptors (Lipinski definition) is 3. The van der Waals surface area contributed by atoms with Crippen LogP contribution in [0.3, 0.4) is 0 Å². The number of nitrogens with zero attached hydrogens (tertiary/aromatic N) is 2. The minimum Gasteiger partial charge on any atom is -0.497 e. The summed E-state index contributed by atoms with van der Waals surface area (Å²) in [6.45, 7) is 2.24. The molecule has 140 valence electrons. The normalized spacial score (nSPS) is 28.8. The zero-order valence-corrected chi connectivity index (χ0v) is 15.5. The first-order valence-electron chi connectivity index (χ1n) is 9.89. The molecule has 5 heteroatoms. The fraction of sp³-hybridized carbons (Fsp3) is 0.619. The summed E-state index contributed by atoms with van der Waals surface area (Å²) in [5.74, 6) is 2.20. The molecule has 2 aliphatic heterocycles. The van der Waals surface area contributed by atoms with Gasteiger partial charge in [-0.15, -0.1) is 0 Å². The highest BCUT2D eigenvalue weighted by Gasteiger charge is 2.40. The van der Waals surface area contributed by atoms with E-state index in [-0.39, 0.29) is 17.7 Å². The lowest BCUT2D eigenvalue weighted by Gasteiger charge is -2.42. The second kappa shape index (κ2) is 7.29. The van der Waals surface area contributed by atoms with Crippen LogP contribution in [-0.2, 0) is 9.59 Å². The Kier molecular flexibility index (Phi) is 4.88. The highest BCUT2D eigenvalue weighted by Crippen LogP contribution is 2.37. The minimum atomic E-state index is -0.214. The molecule has 1 aromatic carbocycles. The number of ether oxygens (including phenoxy) is 1. The molecule has 3 atom stereocenters. The summed E-state index contributed by atoms with van der Waals surface area (Å²) in [6.07, 6.45) is 6.69. The number of fused-ring (bicyclic) bond motifs is 1. The maximum absolute atomic E-state index is 13.0. The third kappa shape index (κ3) is 3.31. The molecule has 4 rings (SSSR count). The number of carbonyl (C=O) groups is 2. The second-order valence-electron chi connectivity index (χ2n) is 7.98. The number of benzene rings is 1. The fourth-order valence-electron chi connectivity index (χ4n) is 4.96. The van der Waals surface area contributed by atoms with Gasteiger partial charge in [-0.1, -0.05) is 25.3 Å². The maximum atomic E-state index is 13.0. The van der Waals surface area contributed by atoms with Crippen molar-refractivity contribution in [3.05, 3.63) is 24.3 Å². The number of piperidine rings is 1. The average Bonchev–Trinajstić information content (AvgIpc) is 3.08. The Morgan fingerprint density at radius 1 is 1.12 bits per heavy atom. The molecule has 0 aromatic heterocycles. The van der Waals surface area contributed by atoms with Gasteiger partial charge >= 0.3 is 0 Å². The molecule has 2 amide bonds. The van der Waals surface area contributed by atoms with Gasteiger partial charge in [-0.25, -0.2) is 0 Å². The van der Waals surface area contributed by atoms with Crippen LogP contribution >= 0.6 is 0 Å². The van der Waals surface area contributed by atoms with Crippen molar-refractivity contribution < 1.29 is 14.3 Å². The third-order valence-corrected chi connectivity index (χ3v) is 6.44. The van der Waals surface area contributed by atoms with E-state index in [4.69, 9.17) is 4.74 Å². The molecule has 0 radical (unpaired) electrons. The van der Waals surface area contributed by atoms with Gasteiger partial charge in [0.2, 0.25) is 11.8 Å². The Hall–Kier alpha value is -2.04. The molecule has 0 N–H and O–H groups in total. The van der Waals surface area contributed by atoms with E-state index in [1.165, 1.54) is 25.7 Å². The highest BCUT2D eigenvalue weighted by molar-refractivity contribution is 6.00. The number of anilines is 1. The number of likely N-dealkylation sites (tertiary alicyclic amines) is 1. The Bertz CT molecular complexity index is 690. The summed E-state index contributed by atoms with van der Waals surface area (Å²) in [7, 11) is 1.62. The van der Waals surface area contributed by atoms with Crippen molar-refractivity contribution in [2.45, 2.75) is 38.5 Å². The fourth-order valence-corrected chi connectivity index (χ4v) is 4.96. The predicted molar refractivity (Wildman–Crippen MR) is 100 cm³/mol. The summed E-state index contributed by atoms with van der Waals surface area (Å²) in [5.41, 5.74) is 0.815. The zero-order valence-electron chi connectivity index (χ0n) is 15.5. The molecular weight excluding hydrogens is 328 g/mol. The smallest absolute Gasteiger partial charge is 0.228 e. The van der Waals surface area contributed by atoms with Gasteiger partial charge in [0.15, 0.2) is 0 Å². The molecule has 3 fully saturated rings. The summed E-state index contributed by atoms with van der Waals surface area (Å²) in [6, 6.07) is 7.50. The van der Waals surface area contributed by atoms with E-state index in [0.717, 1.165) is 36.9 Å². The van der Waals surface area contributed by atoms with Crippen LogP contribution in [0, 0.1) is 17.8 Å². The van der Waals surface area contributed by atoms with E-state index in [0.29, 0.717) is 18.9 Å². The summed E-state index contributed by atoms with van der Waals surface area (Å²) in [4.78, 5) is 29.3. The summed E-state index contributed by atoms with van der Waals surface area (Å²) >= 11 is 0. The van der Waals surface area contributed by atoms with Gasteiger partial charge in [0, 0.05) is 37.8 Å². The molecule has 2 saturated heterocycles. The van der Waals surface area contributed by atoms with Gasteiger partial charge in [-0.05, 0) is 36.8 Å². The average molecular weight is 356 g/mol. The van der Waals surface area contributed by atoms with Crippen molar-refractivity contribution in [3.63, 3.8) is 0 Å². The van der Waals surface area contributed by atoms with Gasteiger partial charge in [0.25, 0.3) is 0 Å².